The van der Waals surface area contributed by atoms with Crippen molar-refractivity contribution in [2.75, 3.05) is 6.66 Å². The molecule has 3 aromatic rings. The van der Waals surface area contributed by atoms with Crippen molar-refractivity contribution in [3.8, 4) is 0 Å². The Kier molecular flexibility index (Phi) is 11.6. The summed E-state index contributed by atoms with van der Waals surface area (Å²) in [4.78, 5) is 0. The molecule has 0 N–H and O–H groups in total. The Morgan fingerprint density at radius 1 is 0.395 bits per heavy atom. The molecule has 0 bridgehead atoms. The predicted molar refractivity (Wildman–Crippen MR) is 182 cm³/mol. The van der Waals surface area contributed by atoms with Crippen LogP contribution in [0.1, 0.15) is 91.8 Å². The SMILES string of the molecule is CC(C)P(C)c1ccccc1C(c1ccccc1P(C(C)C)C(C)C)c1ccccc1P(C(C)C)C(C)C. The molecule has 0 fully saturated rings. The van der Waals surface area contributed by atoms with Crippen LogP contribution in [0.2, 0.25) is 0 Å². The first-order chi connectivity index (χ1) is 18.0. The Morgan fingerprint density at radius 3 is 1.00 bits per heavy atom. The maximum absolute atomic E-state index is 2.48. The zero-order valence-electron chi connectivity index (χ0n) is 25.7. The van der Waals surface area contributed by atoms with Crippen LogP contribution in [0.3, 0.4) is 0 Å². The van der Waals surface area contributed by atoms with Gasteiger partial charge in [0.1, 0.15) is 0 Å². The lowest BCUT2D eigenvalue weighted by atomic mass is 9.85. The standard InChI is InChI=1S/C35H51P3/c1-24(2)36(11)32-21-15-12-18-29(32)35(30-19-13-16-22-33(30)37(25(3)4)26(5)6)31-20-14-17-23-34(31)38(27(7)8)28(9)10/h12-28,35H,1-11H3. The van der Waals surface area contributed by atoms with E-state index in [1.807, 2.05) is 0 Å². The summed E-state index contributed by atoms with van der Waals surface area (Å²) in [7, 11) is -0.827. The van der Waals surface area contributed by atoms with E-state index in [0.29, 0.717) is 28.3 Å². The second-order valence-electron chi connectivity index (χ2n) is 12.0. The van der Waals surface area contributed by atoms with Gasteiger partial charge in [-0.15, -0.1) is 0 Å². The van der Waals surface area contributed by atoms with Crippen LogP contribution in [-0.4, -0.2) is 35.0 Å². The van der Waals surface area contributed by atoms with E-state index in [-0.39, 0.29) is 29.7 Å². The molecule has 3 rings (SSSR count). The predicted octanol–water partition coefficient (Wildman–Crippen LogP) is 9.86. The molecule has 0 aliphatic rings. The largest absolute Gasteiger partial charge is 0.0755 e. The smallest absolute Gasteiger partial charge is 0.0358 e. The fourth-order valence-electron chi connectivity index (χ4n) is 6.07. The minimum Gasteiger partial charge on any atom is -0.0755 e. The lowest BCUT2D eigenvalue weighted by Gasteiger charge is -2.35. The van der Waals surface area contributed by atoms with E-state index >= 15 is 0 Å². The van der Waals surface area contributed by atoms with E-state index < -0.39 is 0 Å². The maximum atomic E-state index is 2.48. The Morgan fingerprint density at radius 2 is 0.684 bits per heavy atom. The van der Waals surface area contributed by atoms with Gasteiger partial charge in [0.05, 0.1) is 0 Å². The van der Waals surface area contributed by atoms with E-state index in [0.717, 1.165) is 0 Å². The molecule has 0 saturated heterocycles. The molecule has 0 aliphatic carbocycles. The van der Waals surface area contributed by atoms with E-state index in [1.54, 1.807) is 15.9 Å². The fraction of sp³-hybridized carbons (Fsp3) is 0.486. The van der Waals surface area contributed by atoms with Crippen molar-refractivity contribution >= 4 is 39.7 Å². The van der Waals surface area contributed by atoms with Crippen molar-refractivity contribution in [2.45, 2.75) is 103 Å². The molecule has 0 saturated carbocycles. The molecule has 0 nitrogen and oxygen atoms in total. The molecule has 3 aromatic carbocycles. The highest BCUT2D eigenvalue weighted by molar-refractivity contribution is 7.67. The van der Waals surface area contributed by atoms with Gasteiger partial charge in [-0.1, -0.05) is 166 Å². The van der Waals surface area contributed by atoms with Crippen molar-refractivity contribution in [3.05, 3.63) is 89.5 Å². The van der Waals surface area contributed by atoms with Crippen LogP contribution in [-0.2, 0) is 0 Å². The van der Waals surface area contributed by atoms with Gasteiger partial charge in [0.25, 0.3) is 0 Å². The van der Waals surface area contributed by atoms with Gasteiger partial charge in [-0.3, -0.25) is 0 Å². The molecule has 0 aliphatic heterocycles. The molecule has 0 heterocycles. The molecule has 38 heavy (non-hydrogen) atoms. The maximum Gasteiger partial charge on any atom is 0.0358 e. The molecular formula is C35H51P3. The van der Waals surface area contributed by atoms with Crippen LogP contribution >= 0.6 is 23.8 Å². The summed E-state index contributed by atoms with van der Waals surface area (Å²) in [6.07, 6.45) is 0. The number of rotatable bonds is 11. The van der Waals surface area contributed by atoms with Gasteiger partial charge in [0.15, 0.2) is 0 Å². The third kappa shape index (κ3) is 6.98. The molecule has 206 valence electrons. The van der Waals surface area contributed by atoms with Crippen LogP contribution in [0.25, 0.3) is 0 Å². The van der Waals surface area contributed by atoms with E-state index in [2.05, 4.69) is 149 Å². The minimum absolute atomic E-state index is 0.257. The highest BCUT2D eigenvalue weighted by Gasteiger charge is 2.32. The summed E-state index contributed by atoms with van der Waals surface area (Å²) in [6.45, 7) is 26.7. The number of benzene rings is 3. The number of hydrogen-bond acceptors (Lipinski definition) is 0. The molecule has 0 aromatic heterocycles. The highest BCUT2D eigenvalue weighted by atomic mass is 31.1. The number of hydrogen-bond donors (Lipinski definition) is 0. The van der Waals surface area contributed by atoms with Crippen LogP contribution in [0.4, 0.5) is 0 Å². The van der Waals surface area contributed by atoms with Gasteiger partial charge in [0, 0.05) is 5.92 Å². The Balaban J connectivity index is 2.44. The molecule has 0 spiro atoms. The third-order valence-electron chi connectivity index (χ3n) is 7.68. The summed E-state index contributed by atoms with van der Waals surface area (Å²) in [5.41, 5.74) is 7.87. The van der Waals surface area contributed by atoms with Gasteiger partial charge in [0.2, 0.25) is 0 Å². The zero-order chi connectivity index (χ0) is 28.1. The second kappa shape index (κ2) is 14.0. The van der Waals surface area contributed by atoms with Crippen molar-refractivity contribution in [1.82, 2.24) is 0 Å². The molecule has 1 unspecified atom stereocenters. The second-order valence-corrected chi connectivity index (χ2v) is 21.5. The lowest BCUT2D eigenvalue weighted by Crippen LogP contribution is -2.28. The highest BCUT2D eigenvalue weighted by Crippen LogP contribution is 2.51. The first-order valence-electron chi connectivity index (χ1n) is 14.5. The van der Waals surface area contributed by atoms with Crippen LogP contribution in [0, 0.1) is 0 Å². The third-order valence-corrected chi connectivity index (χ3v) is 16.8. The first-order valence-corrected chi connectivity index (χ1v) is 19.3. The first kappa shape index (κ1) is 31.5. The van der Waals surface area contributed by atoms with E-state index in [9.17, 15) is 0 Å². The average molecular weight is 565 g/mol. The summed E-state index contributed by atoms with van der Waals surface area (Å²) >= 11 is 0. The summed E-state index contributed by atoms with van der Waals surface area (Å²) < 4.78 is 0. The Labute approximate surface area is 238 Å². The topological polar surface area (TPSA) is 0 Å². The molecule has 0 amide bonds. The van der Waals surface area contributed by atoms with Gasteiger partial charge in [-0.25, -0.2) is 0 Å². The molecule has 1 atom stereocenters. The lowest BCUT2D eigenvalue weighted by molar-refractivity contribution is 0.982. The van der Waals surface area contributed by atoms with Gasteiger partial charge in [-0.05, 0) is 67.6 Å². The quantitative estimate of drug-likeness (QED) is 0.161. The van der Waals surface area contributed by atoms with Crippen LogP contribution in [0.5, 0.6) is 0 Å². The Bertz CT molecular complexity index is 1080. The molecule has 3 heteroatoms. The zero-order valence-corrected chi connectivity index (χ0v) is 28.4. The van der Waals surface area contributed by atoms with Gasteiger partial charge in [-0.2, -0.15) is 0 Å². The van der Waals surface area contributed by atoms with Gasteiger partial charge >= 0.3 is 0 Å². The van der Waals surface area contributed by atoms with Crippen LogP contribution < -0.4 is 15.9 Å². The normalized spacial score (nSPS) is 13.3. The summed E-state index contributed by atoms with van der Waals surface area (Å²) in [6, 6.07) is 28.4. The van der Waals surface area contributed by atoms with Crippen molar-refractivity contribution < 1.29 is 0 Å². The molecule has 0 radical (unpaired) electrons. The minimum atomic E-state index is -0.284. The Hall–Kier alpha value is -1.05. The van der Waals surface area contributed by atoms with Crippen molar-refractivity contribution in [1.29, 1.82) is 0 Å². The van der Waals surface area contributed by atoms with Gasteiger partial charge < -0.3 is 0 Å². The fourth-order valence-corrected chi connectivity index (χ4v) is 13.7. The summed E-state index contributed by atoms with van der Waals surface area (Å²) in [5, 5.41) is 4.78. The van der Waals surface area contributed by atoms with Crippen LogP contribution in [0.15, 0.2) is 72.8 Å². The summed E-state index contributed by atoms with van der Waals surface area (Å²) in [5.74, 6) is 0.257. The van der Waals surface area contributed by atoms with Crippen molar-refractivity contribution in [2.24, 2.45) is 0 Å². The monoisotopic (exact) mass is 564 g/mol. The van der Waals surface area contributed by atoms with E-state index in [4.69, 9.17) is 0 Å². The average Bonchev–Trinajstić information content (AvgIpc) is 2.85. The van der Waals surface area contributed by atoms with E-state index in [1.165, 1.54) is 16.7 Å². The van der Waals surface area contributed by atoms with Crippen molar-refractivity contribution in [3.63, 3.8) is 0 Å². The molecular weight excluding hydrogens is 513 g/mol.